The minimum atomic E-state index is -0.0521. The van der Waals surface area contributed by atoms with Crippen LogP contribution in [0.15, 0.2) is 53.4 Å². The molecular formula is C20H23NO3S. The summed E-state index contributed by atoms with van der Waals surface area (Å²) in [6, 6.07) is 13.8. The van der Waals surface area contributed by atoms with E-state index in [1.807, 2.05) is 36.6 Å². The van der Waals surface area contributed by atoms with Crippen molar-refractivity contribution < 1.29 is 14.3 Å². The highest BCUT2D eigenvalue weighted by atomic mass is 32.2. The molecule has 0 N–H and O–H groups in total. The van der Waals surface area contributed by atoms with Crippen molar-refractivity contribution in [2.24, 2.45) is 0 Å². The fraction of sp³-hybridized carbons (Fsp3) is 0.250. The molecule has 2 aromatic rings. The van der Waals surface area contributed by atoms with Crippen molar-refractivity contribution in [3.05, 3.63) is 59.7 Å². The number of thioether (sulfide) groups is 1. The largest absolute Gasteiger partial charge is 0.493 e. The number of hydrogen-bond donors (Lipinski definition) is 0. The van der Waals surface area contributed by atoms with Gasteiger partial charge in [-0.2, -0.15) is 0 Å². The first kappa shape index (κ1) is 18.9. The van der Waals surface area contributed by atoms with Crippen molar-refractivity contribution in [1.29, 1.82) is 0 Å². The maximum atomic E-state index is 12.3. The lowest BCUT2D eigenvalue weighted by molar-refractivity contribution is -0.125. The molecule has 1 amide bonds. The smallest absolute Gasteiger partial charge is 0.246 e. The molecular weight excluding hydrogens is 334 g/mol. The number of rotatable bonds is 7. The lowest BCUT2D eigenvalue weighted by atomic mass is 10.1. The van der Waals surface area contributed by atoms with Gasteiger partial charge in [0.2, 0.25) is 5.91 Å². The minimum absolute atomic E-state index is 0.0521. The number of benzene rings is 2. The maximum absolute atomic E-state index is 12.3. The second-order valence-electron chi connectivity index (χ2n) is 5.49. The van der Waals surface area contributed by atoms with Gasteiger partial charge in [0.15, 0.2) is 11.5 Å². The predicted octanol–water partition coefficient (Wildman–Crippen LogP) is 4.10. The fourth-order valence-electron chi connectivity index (χ4n) is 2.33. The molecule has 0 aliphatic carbocycles. The van der Waals surface area contributed by atoms with Crippen LogP contribution in [0.5, 0.6) is 11.5 Å². The molecule has 0 bridgehead atoms. The fourth-order valence-corrected chi connectivity index (χ4v) is 2.74. The topological polar surface area (TPSA) is 38.8 Å². The number of carbonyl (C=O) groups excluding carboxylic acids is 1. The molecule has 0 aliphatic rings. The molecule has 0 aliphatic heterocycles. The third-order valence-corrected chi connectivity index (χ3v) is 4.52. The first-order valence-electron chi connectivity index (χ1n) is 7.85. The van der Waals surface area contributed by atoms with Crippen molar-refractivity contribution in [1.82, 2.24) is 4.90 Å². The highest BCUT2D eigenvalue weighted by Crippen LogP contribution is 2.28. The molecule has 0 unspecified atom stereocenters. The highest BCUT2D eigenvalue weighted by Gasteiger charge is 2.07. The molecule has 132 valence electrons. The summed E-state index contributed by atoms with van der Waals surface area (Å²) >= 11 is 1.70. The van der Waals surface area contributed by atoms with Gasteiger partial charge in [-0.3, -0.25) is 4.79 Å². The highest BCUT2D eigenvalue weighted by molar-refractivity contribution is 7.98. The molecule has 0 radical (unpaired) electrons. The molecule has 0 saturated heterocycles. The van der Waals surface area contributed by atoms with E-state index in [9.17, 15) is 4.79 Å². The van der Waals surface area contributed by atoms with Crippen LogP contribution in [-0.4, -0.2) is 38.3 Å². The van der Waals surface area contributed by atoms with Gasteiger partial charge in [-0.1, -0.05) is 18.2 Å². The molecule has 0 fully saturated rings. The quantitative estimate of drug-likeness (QED) is 0.552. The van der Waals surface area contributed by atoms with Crippen molar-refractivity contribution in [2.45, 2.75) is 11.4 Å². The van der Waals surface area contributed by atoms with Crippen LogP contribution in [0.3, 0.4) is 0 Å². The van der Waals surface area contributed by atoms with Crippen LogP contribution in [-0.2, 0) is 11.3 Å². The van der Waals surface area contributed by atoms with Gasteiger partial charge in [0.05, 0.1) is 14.2 Å². The Labute approximate surface area is 153 Å². The van der Waals surface area contributed by atoms with E-state index in [0.717, 1.165) is 11.1 Å². The second kappa shape index (κ2) is 9.18. The SMILES string of the molecule is COc1ccc(/C=C/C(=O)N(C)Cc2ccc(SC)cc2)cc1OC. The lowest BCUT2D eigenvalue weighted by Gasteiger charge is -2.15. The molecule has 25 heavy (non-hydrogen) atoms. The van der Waals surface area contributed by atoms with Gasteiger partial charge in [0, 0.05) is 24.6 Å². The molecule has 2 aromatic carbocycles. The maximum Gasteiger partial charge on any atom is 0.246 e. The standard InChI is InChI=1S/C20H23NO3S/c1-21(14-16-5-9-17(25-4)10-6-16)20(22)12-8-15-7-11-18(23-2)19(13-15)24-3/h5-13H,14H2,1-4H3/b12-8+. The van der Waals surface area contributed by atoms with E-state index in [1.54, 1.807) is 50.1 Å². The van der Waals surface area contributed by atoms with Crippen LogP contribution in [0, 0.1) is 0 Å². The average Bonchev–Trinajstić information content (AvgIpc) is 2.66. The summed E-state index contributed by atoms with van der Waals surface area (Å²) in [5, 5.41) is 0. The van der Waals surface area contributed by atoms with Gasteiger partial charge in [0.25, 0.3) is 0 Å². The second-order valence-corrected chi connectivity index (χ2v) is 6.37. The zero-order valence-electron chi connectivity index (χ0n) is 15.0. The monoisotopic (exact) mass is 357 g/mol. The van der Waals surface area contributed by atoms with E-state index in [4.69, 9.17) is 9.47 Å². The van der Waals surface area contributed by atoms with E-state index in [1.165, 1.54) is 4.90 Å². The van der Waals surface area contributed by atoms with E-state index in [-0.39, 0.29) is 5.91 Å². The zero-order valence-corrected chi connectivity index (χ0v) is 15.8. The van der Waals surface area contributed by atoms with Crippen LogP contribution in [0.2, 0.25) is 0 Å². The van der Waals surface area contributed by atoms with E-state index in [2.05, 4.69) is 12.1 Å². The molecule has 0 atom stereocenters. The van der Waals surface area contributed by atoms with Crippen LogP contribution >= 0.6 is 11.8 Å². The Hall–Kier alpha value is -2.40. The van der Waals surface area contributed by atoms with E-state index < -0.39 is 0 Å². The normalized spacial score (nSPS) is 10.7. The third-order valence-electron chi connectivity index (χ3n) is 3.78. The Kier molecular flexibility index (Phi) is 6.95. The Balaban J connectivity index is 2.01. The van der Waals surface area contributed by atoms with Gasteiger partial charge >= 0.3 is 0 Å². The van der Waals surface area contributed by atoms with E-state index >= 15 is 0 Å². The number of ether oxygens (including phenoxy) is 2. The summed E-state index contributed by atoms with van der Waals surface area (Å²) < 4.78 is 10.5. The summed E-state index contributed by atoms with van der Waals surface area (Å²) in [6.45, 7) is 0.573. The first-order chi connectivity index (χ1) is 12.1. The molecule has 0 aromatic heterocycles. The summed E-state index contributed by atoms with van der Waals surface area (Å²) in [6.07, 6.45) is 5.39. The summed E-state index contributed by atoms with van der Waals surface area (Å²) in [5.74, 6) is 1.25. The van der Waals surface area contributed by atoms with Crippen molar-refractivity contribution in [3.63, 3.8) is 0 Å². The summed E-state index contributed by atoms with van der Waals surface area (Å²) in [7, 11) is 4.98. The van der Waals surface area contributed by atoms with Gasteiger partial charge in [0.1, 0.15) is 0 Å². The van der Waals surface area contributed by atoms with Crippen LogP contribution < -0.4 is 9.47 Å². The summed E-state index contributed by atoms with van der Waals surface area (Å²) in [5.41, 5.74) is 1.98. The molecule has 2 rings (SSSR count). The minimum Gasteiger partial charge on any atom is -0.493 e. The molecule has 4 nitrogen and oxygen atoms in total. The molecule has 0 heterocycles. The Morgan fingerprint density at radius 2 is 1.76 bits per heavy atom. The number of likely N-dealkylation sites (N-methyl/N-ethyl adjacent to an activating group) is 1. The van der Waals surface area contributed by atoms with Crippen molar-refractivity contribution in [2.75, 3.05) is 27.5 Å². The van der Waals surface area contributed by atoms with Crippen molar-refractivity contribution >= 4 is 23.7 Å². The van der Waals surface area contributed by atoms with Crippen molar-refractivity contribution in [3.8, 4) is 11.5 Å². The van der Waals surface area contributed by atoms with Crippen LogP contribution in [0.1, 0.15) is 11.1 Å². The molecule has 0 saturated carbocycles. The number of carbonyl (C=O) groups is 1. The van der Waals surface area contributed by atoms with Gasteiger partial charge < -0.3 is 14.4 Å². The third kappa shape index (κ3) is 5.29. The average molecular weight is 357 g/mol. The first-order valence-corrected chi connectivity index (χ1v) is 9.08. The Morgan fingerprint density at radius 3 is 2.36 bits per heavy atom. The number of amides is 1. The van der Waals surface area contributed by atoms with Crippen LogP contribution in [0.25, 0.3) is 6.08 Å². The number of nitrogens with zero attached hydrogens (tertiary/aromatic N) is 1. The zero-order chi connectivity index (χ0) is 18.2. The molecule has 5 heteroatoms. The molecule has 0 spiro atoms. The van der Waals surface area contributed by atoms with Gasteiger partial charge in [-0.25, -0.2) is 0 Å². The number of methoxy groups -OCH3 is 2. The Bertz CT molecular complexity index is 741. The van der Waals surface area contributed by atoms with Gasteiger partial charge in [-0.05, 0) is 47.7 Å². The Morgan fingerprint density at radius 1 is 1.08 bits per heavy atom. The summed E-state index contributed by atoms with van der Waals surface area (Å²) in [4.78, 5) is 15.2. The van der Waals surface area contributed by atoms with E-state index in [0.29, 0.717) is 18.0 Å². The number of hydrogen-bond acceptors (Lipinski definition) is 4. The van der Waals surface area contributed by atoms with Crippen LogP contribution in [0.4, 0.5) is 0 Å². The lowest BCUT2D eigenvalue weighted by Crippen LogP contribution is -2.24. The van der Waals surface area contributed by atoms with Gasteiger partial charge in [-0.15, -0.1) is 11.8 Å². The predicted molar refractivity (Wildman–Crippen MR) is 103 cm³/mol.